The fraction of sp³-hybridized carbons (Fsp3) is 0.231. The third-order valence-electron chi connectivity index (χ3n) is 4.98. The van der Waals surface area contributed by atoms with Crippen molar-refractivity contribution in [1.82, 2.24) is 5.32 Å². The smallest absolute Gasteiger partial charge is 0.265 e. The van der Waals surface area contributed by atoms with Gasteiger partial charge in [0.1, 0.15) is 5.75 Å². The molecule has 1 atom stereocenters. The number of hydrogen-bond acceptors (Lipinski definition) is 3. The molecule has 5 nitrogen and oxygen atoms in total. The number of amides is 2. The summed E-state index contributed by atoms with van der Waals surface area (Å²) in [5.41, 5.74) is 4.14. The van der Waals surface area contributed by atoms with Crippen molar-refractivity contribution < 1.29 is 14.3 Å². The van der Waals surface area contributed by atoms with Crippen molar-refractivity contribution in [2.75, 3.05) is 11.9 Å². The second-order valence-electron chi connectivity index (χ2n) is 7.56. The Bertz CT molecular complexity index is 1050. The first-order chi connectivity index (χ1) is 14.9. The molecular formula is C26H28N2O3. The Hall–Kier alpha value is -3.60. The summed E-state index contributed by atoms with van der Waals surface area (Å²) in [6.07, 6.45) is 0.0256. The summed E-state index contributed by atoms with van der Waals surface area (Å²) in [6.45, 7) is 6.16. The van der Waals surface area contributed by atoms with Gasteiger partial charge in [-0.2, -0.15) is 0 Å². The standard InChI is InChI=1S/C26H28N2O3/c1-18-13-14-24(19(2)17-18)31-20(3)25(29)28-23-12-8-7-11-22(23)26(30)27-16-15-21-9-5-4-6-10-21/h4-14,17,20H,15-16H2,1-3H3,(H,27,30)(H,28,29)/t20-/m1/s1. The van der Waals surface area contributed by atoms with Crippen LogP contribution in [0, 0.1) is 13.8 Å². The zero-order valence-electron chi connectivity index (χ0n) is 18.1. The molecule has 31 heavy (non-hydrogen) atoms. The van der Waals surface area contributed by atoms with Gasteiger partial charge in [-0.1, -0.05) is 60.2 Å². The third kappa shape index (κ3) is 6.19. The van der Waals surface area contributed by atoms with Gasteiger partial charge in [0.25, 0.3) is 11.8 Å². The quantitative estimate of drug-likeness (QED) is 0.560. The van der Waals surface area contributed by atoms with Gasteiger partial charge < -0.3 is 15.4 Å². The van der Waals surface area contributed by atoms with Crippen LogP contribution in [0.3, 0.4) is 0 Å². The van der Waals surface area contributed by atoms with Crippen LogP contribution in [-0.2, 0) is 11.2 Å². The Morgan fingerprint density at radius 2 is 1.65 bits per heavy atom. The first-order valence-corrected chi connectivity index (χ1v) is 10.4. The average Bonchev–Trinajstić information content (AvgIpc) is 2.76. The molecule has 0 fully saturated rings. The van der Waals surface area contributed by atoms with E-state index in [1.165, 1.54) is 0 Å². The minimum atomic E-state index is -0.712. The summed E-state index contributed by atoms with van der Waals surface area (Å²) in [5.74, 6) is 0.125. The number of nitrogens with one attached hydrogen (secondary N) is 2. The fourth-order valence-electron chi connectivity index (χ4n) is 3.26. The number of rotatable bonds is 8. The zero-order valence-corrected chi connectivity index (χ0v) is 18.1. The highest BCUT2D eigenvalue weighted by molar-refractivity contribution is 6.04. The topological polar surface area (TPSA) is 67.4 Å². The molecule has 2 amide bonds. The van der Waals surface area contributed by atoms with Crippen LogP contribution in [0.4, 0.5) is 5.69 Å². The highest BCUT2D eigenvalue weighted by Gasteiger charge is 2.19. The summed E-state index contributed by atoms with van der Waals surface area (Å²) in [5, 5.41) is 5.75. The van der Waals surface area contributed by atoms with Gasteiger partial charge in [-0.05, 0) is 56.5 Å². The third-order valence-corrected chi connectivity index (χ3v) is 4.98. The van der Waals surface area contributed by atoms with Gasteiger partial charge >= 0.3 is 0 Å². The van der Waals surface area contributed by atoms with Gasteiger partial charge in [-0.15, -0.1) is 0 Å². The van der Waals surface area contributed by atoms with E-state index in [9.17, 15) is 9.59 Å². The molecule has 160 valence electrons. The minimum Gasteiger partial charge on any atom is -0.481 e. The van der Waals surface area contributed by atoms with Gasteiger partial charge in [0, 0.05) is 6.54 Å². The second kappa shape index (κ2) is 10.4. The lowest BCUT2D eigenvalue weighted by atomic mass is 10.1. The number of carbonyl (C=O) groups excluding carboxylic acids is 2. The predicted molar refractivity (Wildman–Crippen MR) is 124 cm³/mol. The van der Waals surface area contributed by atoms with Crippen LogP contribution in [0.2, 0.25) is 0 Å². The summed E-state index contributed by atoms with van der Waals surface area (Å²) in [7, 11) is 0. The summed E-state index contributed by atoms with van der Waals surface area (Å²) >= 11 is 0. The van der Waals surface area contributed by atoms with Crippen molar-refractivity contribution in [2.45, 2.75) is 33.3 Å². The molecule has 0 saturated carbocycles. The van der Waals surface area contributed by atoms with E-state index in [0.717, 1.165) is 23.1 Å². The average molecular weight is 417 g/mol. The molecule has 0 aliphatic rings. The number of aryl methyl sites for hydroxylation is 2. The van der Waals surface area contributed by atoms with Gasteiger partial charge in [0.2, 0.25) is 0 Å². The van der Waals surface area contributed by atoms with Crippen molar-refractivity contribution >= 4 is 17.5 Å². The Balaban J connectivity index is 1.61. The molecule has 0 spiro atoms. The van der Waals surface area contributed by atoms with Crippen molar-refractivity contribution in [3.05, 3.63) is 95.1 Å². The maximum atomic E-state index is 12.7. The molecule has 0 radical (unpaired) electrons. The van der Waals surface area contributed by atoms with Crippen LogP contribution in [0.15, 0.2) is 72.8 Å². The summed E-state index contributed by atoms with van der Waals surface area (Å²) in [6, 6.07) is 22.8. The van der Waals surface area contributed by atoms with E-state index in [1.807, 2.05) is 62.4 Å². The van der Waals surface area contributed by atoms with Crippen molar-refractivity contribution in [2.24, 2.45) is 0 Å². The molecule has 3 aromatic carbocycles. The lowest BCUT2D eigenvalue weighted by molar-refractivity contribution is -0.122. The van der Waals surface area contributed by atoms with Crippen molar-refractivity contribution in [3.8, 4) is 5.75 Å². The summed E-state index contributed by atoms with van der Waals surface area (Å²) in [4.78, 5) is 25.4. The second-order valence-corrected chi connectivity index (χ2v) is 7.56. The van der Waals surface area contributed by atoms with E-state index in [0.29, 0.717) is 23.5 Å². The largest absolute Gasteiger partial charge is 0.481 e. The molecule has 0 heterocycles. The number of para-hydroxylation sites is 1. The molecule has 5 heteroatoms. The van der Waals surface area contributed by atoms with Crippen LogP contribution >= 0.6 is 0 Å². The van der Waals surface area contributed by atoms with Crippen LogP contribution < -0.4 is 15.4 Å². The Morgan fingerprint density at radius 3 is 2.39 bits per heavy atom. The first-order valence-electron chi connectivity index (χ1n) is 10.4. The Morgan fingerprint density at radius 1 is 0.935 bits per heavy atom. The van der Waals surface area contributed by atoms with Gasteiger partial charge in [-0.3, -0.25) is 9.59 Å². The molecule has 0 aliphatic heterocycles. The number of benzene rings is 3. The lowest BCUT2D eigenvalue weighted by Gasteiger charge is -2.18. The lowest BCUT2D eigenvalue weighted by Crippen LogP contribution is -2.32. The van der Waals surface area contributed by atoms with Crippen molar-refractivity contribution in [3.63, 3.8) is 0 Å². The van der Waals surface area contributed by atoms with E-state index >= 15 is 0 Å². The number of hydrogen-bond donors (Lipinski definition) is 2. The molecule has 0 bridgehead atoms. The number of carbonyl (C=O) groups is 2. The van der Waals surface area contributed by atoms with Crippen LogP contribution in [-0.4, -0.2) is 24.5 Å². The Labute approximate surface area is 183 Å². The van der Waals surface area contributed by atoms with Gasteiger partial charge in [0.05, 0.1) is 11.3 Å². The molecule has 0 aliphatic carbocycles. The van der Waals surface area contributed by atoms with Crippen LogP contribution in [0.5, 0.6) is 5.75 Å². The maximum Gasteiger partial charge on any atom is 0.265 e. The SMILES string of the molecule is Cc1ccc(O[C@H](C)C(=O)Nc2ccccc2C(=O)NCCc2ccccc2)c(C)c1. The molecule has 0 unspecified atom stereocenters. The molecule has 0 saturated heterocycles. The predicted octanol–water partition coefficient (Wildman–Crippen LogP) is 4.68. The van der Waals surface area contributed by atoms with E-state index in [4.69, 9.17) is 4.74 Å². The number of anilines is 1. The normalized spacial score (nSPS) is 11.5. The van der Waals surface area contributed by atoms with Crippen LogP contribution in [0.1, 0.15) is 34.0 Å². The highest BCUT2D eigenvalue weighted by atomic mass is 16.5. The van der Waals surface area contributed by atoms with E-state index in [1.54, 1.807) is 31.2 Å². The molecule has 0 aromatic heterocycles. The molecular weight excluding hydrogens is 388 g/mol. The zero-order chi connectivity index (χ0) is 22.2. The molecule has 3 aromatic rings. The summed E-state index contributed by atoms with van der Waals surface area (Å²) < 4.78 is 5.84. The van der Waals surface area contributed by atoms with Crippen LogP contribution in [0.25, 0.3) is 0 Å². The Kier molecular flexibility index (Phi) is 7.44. The van der Waals surface area contributed by atoms with Crippen molar-refractivity contribution in [1.29, 1.82) is 0 Å². The molecule has 3 rings (SSSR count). The van der Waals surface area contributed by atoms with E-state index in [2.05, 4.69) is 10.6 Å². The highest BCUT2D eigenvalue weighted by Crippen LogP contribution is 2.21. The first kappa shape index (κ1) is 22.1. The van der Waals surface area contributed by atoms with Gasteiger partial charge in [0.15, 0.2) is 6.10 Å². The molecule has 2 N–H and O–H groups in total. The maximum absolute atomic E-state index is 12.7. The van der Waals surface area contributed by atoms with E-state index < -0.39 is 6.10 Å². The monoisotopic (exact) mass is 416 g/mol. The van der Waals surface area contributed by atoms with Gasteiger partial charge in [-0.25, -0.2) is 0 Å². The fourth-order valence-corrected chi connectivity index (χ4v) is 3.26. The minimum absolute atomic E-state index is 0.227. The van der Waals surface area contributed by atoms with E-state index in [-0.39, 0.29) is 11.8 Å². The number of ether oxygens (including phenoxy) is 1.